The smallest absolute Gasteiger partial charge is 0.224 e. The molecule has 5 heteroatoms. The number of aromatic nitrogens is 1. The highest BCUT2D eigenvalue weighted by atomic mass is 16.5. The number of para-hydroxylation sites is 1. The number of amides is 1. The van der Waals surface area contributed by atoms with Crippen LogP contribution in [-0.2, 0) is 4.79 Å². The number of fused-ring (bicyclic) bond motifs is 1. The quantitative estimate of drug-likeness (QED) is 0.666. The van der Waals surface area contributed by atoms with E-state index in [9.17, 15) is 9.59 Å². The van der Waals surface area contributed by atoms with Gasteiger partial charge >= 0.3 is 0 Å². The number of hydrogen-bond donors (Lipinski definition) is 2. The molecule has 0 aliphatic heterocycles. The zero-order valence-corrected chi connectivity index (χ0v) is 14.3. The van der Waals surface area contributed by atoms with Crippen LogP contribution in [0.25, 0.3) is 10.9 Å². The summed E-state index contributed by atoms with van der Waals surface area (Å²) in [5.41, 5.74) is 3.19. The van der Waals surface area contributed by atoms with E-state index in [1.165, 1.54) is 0 Å². The molecule has 2 N–H and O–H groups in total. The number of nitrogens with one attached hydrogen (secondary N) is 2. The van der Waals surface area contributed by atoms with Crippen molar-refractivity contribution < 1.29 is 14.3 Å². The van der Waals surface area contributed by atoms with Crippen LogP contribution in [0.5, 0.6) is 5.75 Å². The Morgan fingerprint density at radius 1 is 1.12 bits per heavy atom. The first-order chi connectivity index (χ1) is 12.1. The number of carbonyl (C=O) groups is 2. The Balaban J connectivity index is 1.60. The number of carbonyl (C=O) groups excluding carboxylic acids is 2. The van der Waals surface area contributed by atoms with Crippen molar-refractivity contribution in [1.29, 1.82) is 0 Å². The fourth-order valence-corrected chi connectivity index (χ4v) is 2.81. The van der Waals surface area contributed by atoms with E-state index in [1.807, 2.05) is 31.2 Å². The number of Topliss-reactive ketones (excluding diaryl/α,β-unsaturated/α-hetero) is 1. The van der Waals surface area contributed by atoms with Gasteiger partial charge in [-0.2, -0.15) is 0 Å². The molecule has 1 amide bonds. The van der Waals surface area contributed by atoms with Crippen LogP contribution < -0.4 is 10.1 Å². The maximum Gasteiger partial charge on any atom is 0.224 e. The summed E-state index contributed by atoms with van der Waals surface area (Å²) in [5, 5.41) is 3.81. The Bertz CT molecular complexity index is 928. The first kappa shape index (κ1) is 16.8. The number of ketones is 1. The first-order valence-electron chi connectivity index (χ1n) is 8.12. The van der Waals surface area contributed by atoms with E-state index in [4.69, 9.17) is 4.74 Å². The molecular weight excluding hydrogens is 316 g/mol. The lowest BCUT2D eigenvalue weighted by Crippen LogP contribution is -2.13. The van der Waals surface area contributed by atoms with E-state index < -0.39 is 0 Å². The molecule has 2 aromatic carbocycles. The van der Waals surface area contributed by atoms with Gasteiger partial charge in [0.1, 0.15) is 5.75 Å². The second-order valence-electron chi connectivity index (χ2n) is 5.90. The van der Waals surface area contributed by atoms with Crippen LogP contribution in [0.1, 0.15) is 28.8 Å². The average Bonchev–Trinajstić information content (AvgIpc) is 3.02. The number of aromatic amines is 1. The summed E-state index contributed by atoms with van der Waals surface area (Å²) in [6, 6.07) is 13.0. The standard InChI is InChI=1S/C20H20N2O3/c1-13-11-14(7-9-19(13)25-2)18(23)8-10-20(24)22-17-12-21-16-6-4-3-5-15(16)17/h3-7,9,11-12,21H,8,10H2,1-2H3,(H,22,24). The third kappa shape index (κ3) is 3.71. The van der Waals surface area contributed by atoms with Crippen molar-refractivity contribution in [3.63, 3.8) is 0 Å². The van der Waals surface area contributed by atoms with Crippen LogP contribution in [-0.4, -0.2) is 23.8 Å². The van der Waals surface area contributed by atoms with Gasteiger partial charge in [0, 0.05) is 35.5 Å². The molecular formula is C20H20N2O3. The van der Waals surface area contributed by atoms with Crippen molar-refractivity contribution in [1.82, 2.24) is 4.98 Å². The Hall–Kier alpha value is -3.08. The zero-order chi connectivity index (χ0) is 17.8. The number of rotatable bonds is 6. The van der Waals surface area contributed by atoms with Crippen molar-refractivity contribution in [2.24, 2.45) is 0 Å². The minimum Gasteiger partial charge on any atom is -0.496 e. The monoisotopic (exact) mass is 336 g/mol. The maximum atomic E-state index is 12.3. The molecule has 3 rings (SSSR count). The minimum absolute atomic E-state index is 0.0557. The number of aryl methyl sites for hydroxylation is 1. The predicted octanol–water partition coefficient (Wildman–Crippen LogP) is 4.09. The topological polar surface area (TPSA) is 71.2 Å². The molecule has 0 fully saturated rings. The lowest BCUT2D eigenvalue weighted by Gasteiger charge is -2.07. The molecule has 0 radical (unpaired) electrons. The second kappa shape index (κ2) is 7.21. The van der Waals surface area contributed by atoms with E-state index in [0.29, 0.717) is 5.56 Å². The average molecular weight is 336 g/mol. The lowest BCUT2D eigenvalue weighted by molar-refractivity contribution is -0.116. The Morgan fingerprint density at radius 2 is 1.92 bits per heavy atom. The summed E-state index contributed by atoms with van der Waals surface area (Å²) in [7, 11) is 1.60. The first-order valence-corrected chi connectivity index (χ1v) is 8.12. The summed E-state index contributed by atoms with van der Waals surface area (Å²) in [4.78, 5) is 27.6. The van der Waals surface area contributed by atoms with Gasteiger partial charge in [0.25, 0.3) is 0 Å². The molecule has 1 heterocycles. The highest BCUT2D eigenvalue weighted by Gasteiger charge is 2.12. The molecule has 0 aliphatic carbocycles. The van der Waals surface area contributed by atoms with Crippen molar-refractivity contribution in [3.8, 4) is 5.75 Å². The zero-order valence-electron chi connectivity index (χ0n) is 14.3. The second-order valence-corrected chi connectivity index (χ2v) is 5.90. The number of ether oxygens (including phenoxy) is 1. The van der Waals surface area contributed by atoms with Gasteiger partial charge in [-0.25, -0.2) is 0 Å². The third-order valence-corrected chi connectivity index (χ3v) is 4.16. The summed E-state index contributed by atoms with van der Waals surface area (Å²) in [6.07, 6.45) is 2.07. The van der Waals surface area contributed by atoms with E-state index in [-0.39, 0.29) is 24.5 Å². The van der Waals surface area contributed by atoms with E-state index in [1.54, 1.807) is 31.5 Å². The minimum atomic E-state index is -0.177. The Kier molecular flexibility index (Phi) is 4.84. The fraction of sp³-hybridized carbons (Fsp3) is 0.200. The van der Waals surface area contributed by atoms with Crippen LogP contribution in [0, 0.1) is 6.92 Å². The Morgan fingerprint density at radius 3 is 2.68 bits per heavy atom. The molecule has 0 bridgehead atoms. The van der Waals surface area contributed by atoms with E-state index in [2.05, 4.69) is 10.3 Å². The normalized spacial score (nSPS) is 10.6. The van der Waals surface area contributed by atoms with Gasteiger partial charge in [-0.3, -0.25) is 9.59 Å². The van der Waals surface area contributed by atoms with Gasteiger partial charge in [0.15, 0.2) is 5.78 Å². The lowest BCUT2D eigenvalue weighted by atomic mass is 10.0. The van der Waals surface area contributed by atoms with Crippen molar-refractivity contribution in [2.75, 3.05) is 12.4 Å². The number of H-pyrrole nitrogens is 1. The van der Waals surface area contributed by atoms with Crippen LogP contribution in [0.15, 0.2) is 48.7 Å². The van der Waals surface area contributed by atoms with Gasteiger partial charge in [-0.1, -0.05) is 18.2 Å². The summed E-state index contributed by atoms with van der Waals surface area (Å²) >= 11 is 0. The number of anilines is 1. The summed E-state index contributed by atoms with van der Waals surface area (Å²) in [5.74, 6) is 0.511. The number of benzene rings is 2. The van der Waals surface area contributed by atoms with Crippen LogP contribution >= 0.6 is 0 Å². The van der Waals surface area contributed by atoms with Crippen molar-refractivity contribution >= 4 is 28.3 Å². The molecule has 0 aliphatic rings. The van der Waals surface area contributed by atoms with Gasteiger partial charge in [-0.05, 0) is 36.8 Å². The van der Waals surface area contributed by atoms with Gasteiger partial charge in [0.2, 0.25) is 5.91 Å². The molecule has 0 saturated heterocycles. The van der Waals surface area contributed by atoms with Gasteiger partial charge in [0.05, 0.1) is 12.8 Å². The van der Waals surface area contributed by atoms with Crippen LogP contribution in [0.3, 0.4) is 0 Å². The SMILES string of the molecule is COc1ccc(C(=O)CCC(=O)Nc2c[nH]c3ccccc23)cc1C. The molecule has 0 unspecified atom stereocenters. The molecule has 1 aromatic heterocycles. The molecule has 3 aromatic rings. The summed E-state index contributed by atoms with van der Waals surface area (Å²) < 4.78 is 5.19. The third-order valence-electron chi connectivity index (χ3n) is 4.16. The molecule has 128 valence electrons. The number of methoxy groups -OCH3 is 1. The van der Waals surface area contributed by atoms with Crippen LogP contribution in [0.4, 0.5) is 5.69 Å². The van der Waals surface area contributed by atoms with Gasteiger partial charge < -0.3 is 15.0 Å². The largest absolute Gasteiger partial charge is 0.496 e. The maximum absolute atomic E-state index is 12.3. The van der Waals surface area contributed by atoms with E-state index >= 15 is 0 Å². The molecule has 0 saturated carbocycles. The van der Waals surface area contributed by atoms with E-state index in [0.717, 1.165) is 27.9 Å². The molecule has 25 heavy (non-hydrogen) atoms. The number of hydrogen-bond acceptors (Lipinski definition) is 3. The van der Waals surface area contributed by atoms with Crippen molar-refractivity contribution in [3.05, 3.63) is 59.8 Å². The summed E-state index contributed by atoms with van der Waals surface area (Å²) in [6.45, 7) is 1.89. The highest BCUT2D eigenvalue weighted by molar-refractivity contribution is 6.04. The predicted molar refractivity (Wildman–Crippen MR) is 98.2 cm³/mol. The van der Waals surface area contributed by atoms with Crippen LogP contribution in [0.2, 0.25) is 0 Å². The molecule has 0 spiro atoms. The molecule has 5 nitrogen and oxygen atoms in total. The fourth-order valence-electron chi connectivity index (χ4n) is 2.81. The van der Waals surface area contributed by atoms with Gasteiger partial charge in [-0.15, -0.1) is 0 Å². The van der Waals surface area contributed by atoms with Crippen molar-refractivity contribution in [2.45, 2.75) is 19.8 Å². The Labute approximate surface area is 146 Å². The highest BCUT2D eigenvalue weighted by Crippen LogP contribution is 2.23. The molecule has 0 atom stereocenters.